The smallest absolute Gasteiger partial charge is 0.247 e. The third-order valence-electron chi connectivity index (χ3n) is 2.01. The fourth-order valence-corrected chi connectivity index (χ4v) is 1.21. The van der Waals surface area contributed by atoms with Crippen LogP contribution in [0.25, 0.3) is 0 Å². The summed E-state index contributed by atoms with van der Waals surface area (Å²) in [5.74, 6) is -0.784. The van der Waals surface area contributed by atoms with Crippen molar-refractivity contribution in [3.05, 3.63) is 35.9 Å². The van der Waals surface area contributed by atoms with Crippen molar-refractivity contribution in [2.45, 2.75) is 18.6 Å². The number of carbonyl (C=O) groups excluding carboxylic acids is 1. The van der Waals surface area contributed by atoms with Crippen LogP contribution in [0.5, 0.6) is 0 Å². The van der Waals surface area contributed by atoms with Gasteiger partial charge in [-0.2, -0.15) is 0 Å². The fourth-order valence-electron chi connectivity index (χ4n) is 1.21. The molecular weight excluding hydrogens is 216 g/mol. The Morgan fingerprint density at radius 3 is 2.33 bits per heavy atom. The van der Waals surface area contributed by atoms with Crippen LogP contribution in [0.15, 0.2) is 30.3 Å². The first kappa shape index (κ1) is 13.9. The van der Waals surface area contributed by atoms with E-state index in [-0.39, 0.29) is 12.4 Å². The second-order valence-electron chi connectivity index (χ2n) is 3.20. The molecule has 0 saturated heterocycles. The summed E-state index contributed by atoms with van der Waals surface area (Å²) < 4.78 is 0. The van der Waals surface area contributed by atoms with Crippen molar-refractivity contribution in [2.75, 3.05) is 0 Å². The number of hydrogen-bond acceptors (Lipinski definition) is 3. The van der Waals surface area contributed by atoms with E-state index in [2.05, 4.69) is 0 Å². The summed E-state index contributed by atoms with van der Waals surface area (Å²) in [6.07, 6.45) is -0.847. The summed E-state index contributed by atoms with van der Waals surface area (Å²) >= 11 is 0. The molecule has 5 N–H and O–H groups in total. The molecule has 0 fully saturated rings. The monoisotopic (exact) mass is 230 g/mol. The van der Waals surface area contributed by atoms with Crippen molar-refractivity contribution in [2.24, 2.45) is 11.5 Å². The Hall–Kier alpha value is -1.10. The number of amides is 1. The summed E-state index contributed by atoms with van der Waals surface area (Å²) in [6.45, 7) is 0. The molecule has 0 radical (unpaired) electrons. The standard InChI is InChI=1S/C10H14N2O2.ClH/c11-8(9(13)10(12)14)6-7-4-2-1-3-5-7;/h1-5,8-9,13H,6,11H2,(H2,12,14);1H/t8-,9+;/m1./s1. The number of rotatable bonds is 4. The highest BCUT2D eigenvalue weighted by Crippen LogP contribution is 2.04. The maximum Gasteiger partial charge on any atom is 0.247 e. The number of carbonyl (C=O) groups is 1. The van der Waals surface area contributed by atoms with Gasteiger partial charge in [-0.1, -0.05) is 30.3 Å². The third-order valence-corrected chi connectivity index (χ3v) is 2.01. The summed E-state index contributed by atoms with van der Waals surface area (Å²) in [5.41, 5.74) is 11.5. The Bertz CT molecular complexity index is 306. The van der Waals surface area contributed by atoms with Crippen molar-refractivity contribution in [1.82, 2.24) is 0 Å². The van der Waals surface area contributed by atoms with Gasteiger partial charge in [0.1, 0.15) is 6.10 Å². The highest BCUT2D eigenvalue weighted by molar-refractivity contribution is 5.85. The van der Waals surface area contributed by atoms with Gasteiger partial charge >= 0.3 is 0 Å². The van der Waals surface area contributed by atoms with E-state index in [0.29, 0.717) is 6.42 Å². The molecule has 0 saturated carbocycles. The molecule has 0 aliphatic carbocycles. The number of aliphatic hydroxyl groups excluding tert-OH is 1. The van der Waals surface area contributed by atoms with Crippen LogP contribution in [0, 0.1) is 0 Å². The largest absolute Gasteiger partial charge is 0.382 e. The molecule has 0 aliphatic rings. The number of benzene rings is 1. The van der Waals surface area contributed by atoms with Gasteiger partial charge in [-0.25, -0.2) is 0 Å². The lowest BCUT2D eigenvalue weighted by Gasteiger charge is -2.15. The normalized spacial score (nSPS) is 13.7. The van der Waals surface area contributed by atoms with Crippen molar-refractivity contribution in [3.8, 4) is 0 Å². The number of nitrogens with two attached hydrogens (primary N) is 2. The zero-order chi connectivity index (χ0) is 10.6. The van der Waals surface area contributed by atoms with E-state index in [1.54, 1.807) is 0 Å². The Morgan fingerprint density at radius 1 is 1.33 bits per heavy atom. The van der Waals surface area contributed by atoms with Crippen molar-refractivity contribution in [1.29, 1.82) is 0 Å². The number of hydrogen-bond donors (Lipinski definition) is 3. The molecule has 0 heterocycles. The minimum atomic E-state index is -1.28. The highest BCUT2D eigenvalue weighted by atomic mass is 35.5. The molecular formula is C10H15ClN2O2. The Kier molecular flexibility index (Phi) is 5.93. The van der Waals surface area contributed by atoms with Crippen LogP contribution in [0.1, 0.15) is 5.56 Å². The van der Waals surface area contributed by atoms with E-state index in [1.165, 1.54) is 0 Å². The molecule has 1 aromatic rings. The highest BCUT2D eigenvalue weighted by Gasteiger charge is 2.20. The molecule has 5 heteroatoms. The van der Waals surface area contributed by atoms with E-state index in [1.807, 2.05) is 30.3 Å². The third kappa shape index (κ3) is 4.29. The molecule has 84 valence electrons. The maximum absolute atomic E-state index is 10.6. The molecule has 1 rings (SSSR count). The second kappa shape index (κ2) is 6.40. The van der Waals surface area contributed by atoms with E-state index in [9.17, 15) is 9.90 Å². The zero-order valence-electron chi connectivity index (χ0n) is 8.17. The Balaban J connectivity index is 0.00000196. The zero-order valence-corrected chi connectivity index (χ0v) is 8.98. The van der Waals surface area contributed by atoms with Crippen LogP contribution in [0.3, 0.4) is 0 Å². The molecule has 0 bridgehead atoms. The van der Waals surface area contributed by atoms with Gasteiger partial charge in [0.2, 0.25) is 5.91 Å². The van der Waals surface area contributed by atoms with Crippen LogP contribution in [-0.2, 0) is 11.2 Å². The van der Waals surface area contributed by atoms with E-state index >= 15 is 0 Å². The van der Waals surface area contributed by atoms with E-state index in [4.69, 9.17) is 11.5 Å². The van der Waals surface area contributed by atoms with Crippen LogP contribution in [0.4, 0.5) is 0 Å². The minimum absolute atomic E-state index is 0. The maximum atomic E-state index is 10.6. The fraction of sp³-hybridized carbons (Fsp3) is 0.300. The van der Waals surface area contributed by atoms with Gasteiger partial charge < -0.3 is 16.6 Å². The van der Waals surface area contributed by atoms with Gasteiger partial charge in [0.15, 0.2) is 0 Å². The molecule has 15 heavy (non-hydrogen) atoms. The first-order chi connectivity index (χ1) is 6.61. The van der Waals surface area contributed by atoms with Crippen molar-refractivity contribution >= 4 is 18.3 Å². The van der Waals surface area contributed by atoms with Crippen LogP contribution in [-0.4, -0.2) is 23.2 Å². The Morgan fingerprint density at radius 2 is 1.87 bits per heavy atom. The van der Waals surface area contributed by atoms with Gasteiger partial charge in [-0.3, -0.25) is 4.79 Å². The van der Waals surface area contributed by atoms with Crippen molar-refractivity contribution in [3.63, 3.8) is 0 Å². The Labute approximate surface area is 94.7 Å². The van der Waals surface area contributed by atoms with Gasteiger partial charge in [0.25, 0.3) is 0 Å². The van der Waals surface area contributed by atoms with Crippen molar-refractivity contribution < 1.29 is 9.90 Å². The number of halogens is 1. The lowest BCUT2D eigenvalue weighted by atomic mass is 10.0. The van der Waals surface area contributed by atoms with Crippen LogP contribution >= 0.6 is 12.4 Å². The average molecular weight is 231 g/mol. The number of primary amides is 1. The first-order valence-corrected chi connectivity index (χ1v) is 4.38. The molecule has 1 amide bonds. The number of aliphatic hydroxyl groups is 1. The molecule has 0 unspecified atom stereocenters. The SMILES string of the molecule is Cl.NC(=O)[C@@H](O)[C@H](N)Cc1ccccc1. The predicted octanol–water partition coefficient (Wildman–Crippen LogP) is -0.176. The summed E-state index contributed by atoms with van der Waals surface area (Å²) in [6, 6.07) is 8.76. The van der Waals surface area contributed by atoms with E-state index in [0.717, 1.165) is 5.56 Å². The molecule has 0 aromatic heterocycles. The van der Waals surface area contributed by atoms with Crippen LogP contribution < -0.4 is 11.5 Å². The molecule has 0 aliphatic heterocycles. The van der Waals surface area contributed by atoms with Crippen LogP contribution in [0.2, 0.25) is 0 Å². The predicted molar refractivity (Wildman–Crippen MR) is 60.6 cm³/mol. The van der Waals surface area contributed by atoms with Gasteiger partial charge in [-0.15, -0.1) is 12.4 Å². The molecule has 1 aromatic carbocycles. The molecule has 2 atom stereocenters. The summed E-state index contributed by atoms with van der Waals surface area (Å²) in [5, 5.41) is 9.26. The molecule has 0 spiro atoms. The van der Waals surface area contributed by atoms with Gasteiger partial charge in [-0.05, 0) is 12.0 Å². The second-order valence-corrected chi connectivity index (χ2v) is 3.20. The lowest BCUT2D eigenvalue weighted by molar-refractivity contribution is -0.126. The average Bonchev–Trinajstić information content (AvgIpc) is 2.18. The summed E-state index contributed by atoms with van der Waals surface area (Å²) in [7, 11) is 0. The molecule has 4 nitrogen and oxygen atoms in total. The first-order valence-electron chi connectivity index (χ1n) is 4.38. The van der Waals surface area contributed by atoms with Gasteiger partial charge in [0, 0.05) is 6.04 Å². The van der Waals surface area contributed by atoms with Gasteiger partial charge in [0.05, 0.1) is 0 Å². The topological polar surface area (TPSA) is 89.3 Å². The quantitative estimate of drug-likeness (QED) is 0.671. The minimum Gasteiger partial charge on any atom is -0.382 e. The van der Waals surface area contributed by atoms with E-state index < -0.39 is 18.1 Å². The lowest BCUT2D eigenvalue weighted by Crippen LogP contribution is -2.45. The summed E-state index contributed by atoms with van der Waals surface area (Å²) in [4.78, 5) is 10.6.